The molecule has 0 radical (unpaired) electrons. The molecule has 0 aliphatic heterocycles. The molecule has 0 aliphatic carbocycles. The molecule has 1 heterocycles. The van der Waals surface area contributed by atoms with Gasteiger partial charge < -0.3 is 19.8 Å². The Kier molecular flexibility index (Phi) is 5.17. The number of ether oxygens (including phenoxy) is 2. The van der Waals surface area contributed by atoms with E-state index in [2.05, 4.69) is 34.6 Å². The summed E-state index contributed by atoms with van der Waals surface area (Å²) in [4.78, 5) is 3.24. The van der Waals surface area contributed by atoms with Crippen molar-refractivity contribution in [2.75, 3.05) is 20.3 Å². The van der Waals surface area contributed by atoms with Gasteiger partial charge in [-0.05, 0) is 54.9 Å². The Labute approximate surface area is 136 Å². The van der Waals surface area contributed by atoms with E-state index >= 15 is 0 Å². The third kappa shape index (κ3) is 4.05. The Hall–Kier alpha value is -2.46. The molecule has 0 amide bonds. The smallest absolute Gasteiger partial charge is 0.119 e. The minimum atomic E-state index is 0.702. The first kappa shape index (κ1) is 15.4. The molecule has 0 saturated carbocycles. The highest BCUT2D eigenvalue weighted by molar-refractivity contribution is 5.82. The lowest BCUT2D eigenvalue weighted by molar-refractivity contribution is 0.307. The van der Waals surface area contributed by atoms with Crippen molar-refractivity contribution in [2.24, 2.45) is 0 Å². The van der Waals surface area contributed by atoms with Crippen molar-refractivity contribution in [3.8, 4) is 11.5 Å². The zero-order valence-corrected chi connectivity index (χ0v) is 13.3. The fourth-order valence-corrected chi connectivity index (χ4v) is 2.59. The number of methoxy groups -OCH3 is 1. The van der Waals surface area contributed by atoms with E-state index in [0.29, 0.717) is 6.61 Å². The number of aromatic amines is 1. The monoisotopic (exact) mass is 310 g/mol. The Morgan fingerprint density at radius 3 is 2.65 bits per heavy atom. The van der Waals surface area contributed by atoms with Crippen LogP contribution < -0.4 is 14.8 Å². The molecule has 23 heavy (non-hydrogen) atoms. The number of aromatic nitrogens is 1. The van der Waals surface area contributed by atoms with E-state index in [4.69, 9.17) is 9.47 Å². The highest BCUT2D eigenvalue weighted by atomic mass is 16.5. The summed E-state index contributed by atoms with van der Waals surface area (Å²) in [6, 6.07) is 16.1. The summed E-state index contributed by atoms with van der Waals surface area (Å²) >= 11 is 0. The molecule has 0 unspecified atom stereocenters. The molecule has 0 atom stereocenters. The topological polar surface area (TPSA) is 46.3 Å². The fraction of sp³-hybridized carbons (Fsp3) is 0.263. The Morgan fingerprint density at radius 1 is 1.00 bits per heavy atom. The van der Waals surface area contributed by atoms with Crippen molar-refractivity contribution in [2.45, 2.75) is 13.0 Å². The zero-order chi connectivity index (χ0) is 15.9. The minimum Gasteiger partial charge on any atom is -0.497 e. The molecule has 0 fully saturated rings. The highest BCUT2D eigenvalue weighted by Gasteiger charge is 2.01. The second kappa shape index (κ2) is 7.70. The van der Waals surface area contributed by atoms with Crippen molar-refractivity contribution in [1.82, 2.24) is 10.3 Å². The molecule has 0 saturated heterocycles. The normalized spacial score (nSPS) is 10.8. The molecule has 4 heteroatoms. The lowest BCUT2D eigenvalue weighted by Gasteiger charge is -2.08. The summed E-state index contributed by atoms with van der Waals surface area (Å²) in [5.74, 6) is 1.72. The number of H-pyrrole nitrogens is 1. The number of nitrogens with one attached hydrogen (secondary N) is 2. The average Bonchev–Trinajstić information content (AvgIpc) is 3.08. The third-order valence-electron chi connectivity index (χ3n) is 3.83. The summed E-state index contributed by atoms with van der Waals surface area (Å²) in [7, 11) is 1.66. The van der Waals surface area contributed by atoms with E-state index in [9.17, 15) is 0 Å². The average molecular weight is 310 g/mol. The largest absolute Gasteiger partial charge is 0.497 e. The number of hydrogen-bond donors (Lipinski definition) is 2. The Bertz CT molecular complexity index is 734. The lowest BCUT2D eigenvalue weighted by atomic mass is 10.1. The van der Waals surface area contributed by atoms with Crippen molar-refractivity contribution in [1.29, 1.82) is 0 Å². The standard InChI is InChI=1S/C19H22N2O2/c1-22-16-6-8-17(9-7-16)23-13-3-11-20-14-15-4-2-5-19-18(15)10-12-21-19/h2,4-10,12,20-21H,3,11,13-14H2,1H3. The first-order valence-corrected chi connectivity index (χ1v) is 7.89. The summed E-state index contributed by atoms with van der Waals surface area (Å²) in [5, 5.41) is 4.76. The fourth-order valence-electron chi connectivity index (χ4n) is 2.59. The van der Waals surface area contributed by atoms with E-state index in [-0.39, 0.29) is 0 Å². The van der Waals surface area contributed by atoms with Gasteiger partial charge >= 0.3 is 0 Å². The van der Waals surface area contributed by atoms with Gasteiger partial charge in [0.15, 0.2) is 0 Å². The quantitative estimate of drug-likeness (QED) is 0.623. The first-order valence-electron chi connectivity index (χ1n) is 7.89. The van der Waals surface area contributed by atoms with Gasteiger partial charge in [0.05, 0.1) is 13.7 Å². The predicted octanol–water partition coefficient (Wildman–Crippen LogP) is 3.74. The maximum Gasteiger partial charge on any atom is 0.119 e. The van der Waals surface area contributed by atoms with Gasteiger partial charge in [0, 0.05) is 23.6 Å². The second-order valence-electron chi connectivity index (χ2n) is 5.41. The molecule has 4 nitrogen and oxygen atoms in total. The summed E-state index contributed by atoms with van der Waals surface area (Å²) in [6.45, 7) is 2.50. The maximum atomic E-state index is 5.72. The van der Waals surface area contributed by atoms with Crippen LogP contribution in [-0.2, 0) is 6.54 Å². The van der Waals surface area contributed by atoms with Crippen LogP contribution in [0, 0.1) is 0 Å². The van der Waals surface area contributed by atoms with Gasteiger partial charge in [-0.1, -0.05) is 12.1 Å². The van der Waals surface area contributed by atoms with Crippen LogP contribution in [0.5, 0.6) is 11.5 Å². The molecular weight excluding hydrogens is 288 g/mol. The maximum absolute atomic E-state index is 5.72. The number of benzene rings is 2. The number of rotatable bonds is 8. The van der Waals surface area contributed by atoms with Crippen LogP contribution in [-0.4, -0.2) is 25.2 Å². The van der Waals surface area contributed by atoms with Crippen LogP contribution in [0.1, 0.15) is 12.0 Å². The Balaban J connectivity index is 1.37. The van der Waals surface area contributed by atoms with Crippen LogP contribution in [0.15, 0.2) is 54.7 Å². The van der Waals surface area contributed by atoms with Gasteiger partial charge in [0.25, 0.3) is 0 Å². The lowest BCUT2D eigenvalue weighted by Crippen LogP contribution is -2.17. The van der Waals surface area contributed by atoms with E-state index in [1.807, 2.05) is 30.5 Å². The molecular formula is C19H22N2O2. The SMILES string of the molecule is COc1ccc(OCCCNCc2cccc3[nH]ccc23)cc1. The van der Waals surface area contributed by atoms with E-state index in [1.165, 1.54) is 16.5 Å². The molecule has 120 valence electrons. The zero-order valence-electron chi connectivity index (χ0n) is 13.3. The summed E-state index contributed by atoms with van der Waals surface area (Å²) in [5.41, 5.74) is 2.51. The Morgan fingerprint density at radius 2 is 1.83 bits per heavy atom. The van der Waals surface area contributed by atoms with Gasteiger partial charge in [-0.15, -0.1) is 0 Å². The van der Waals surface area contributed by atoms with Crippen LogP contribution in [0.25, 0.3) is 10.9 Å². The molecule has 0 bridgehead atoms. The number of hydrogen-bond acceptors (Lipinski definition) is 3. The molecule has 3 aromatic rings. The predicted molar refractivity (Wildman–Crippen MR) is 93.1 cm³/mol. The number of fused-ring (bicyclic) bond motifs is 1. The van der Waals surface area contributed by atoms with Crippen molar-refractivity contribution >= 4 is 10.9 Å². The van der Waals surface area contributed by atoms with Crippen molar-refractivity contribution in [3.63, 3.8) is 0 Å². The summed E-state index contributed by atoms with van der Waals surface area (Å²) < 4.78 is 10.8. The first-order chi connectivity index (χ1) is 11.4. The molecule has 3 rings (SSSR count). The minimum absolute atomic E-state index is 0.702. The van der Waals surface area contributed by atoms with Crippen LogP contribution >= 0.6 is 0 Å². The molecule has 1 aromatic heterocycles. The second-order valence-corrected chi connectivity index (χ2v) is 5.41. The van der Waals surface area contributed by atoms with E-state index in [1.54, 1.807) is 7.11 Å². The van der Waals surface area contributed by atoms with Gasteiger partial charge in [0.2, 0.25) is 0 Å². The van der Waals surface area contributed by atoms with Gasteiger partial charge in [-0.3, -0.25) is 0 Å². The van der Waals surface area contributed by atoms with Gasteiger partial charge in [0.1, 0.15) is 11.5 Å². The molecule has 2 N–H and O–H groups in total. The van der Waals surface area contributed by atoms with Gasteiger partial charge in [-0.2, -0.15) is 0 Å². The molecule has 0 aliphatic rings. The van der Waals surface area contributed by atoms with Crippen LogP contribution in [0.2, 0.25) is 0 Å². The summed E-state index contributed by atoms with van der Waals surface area (Å²) in [6.07, 6.45) is 2.95. The van der Waals surface area contributed by atoms with Crippen molar-refractivity contribution in [3.05, 3.63) is 60.3 Å². The van der Waals surface area contributed by atoms with Crippen molar-refractivity contribution < 1.29 is 9.47 Å². The van der Waals surface area contributed by atoms with E-state index in [0.717, 1.165) is 31.0 Å². The van der Waals surface area contributed by atoms with E-state index < -0.39 is 0 Å². The molecule has 0 spiro atoms. The van der Waals surface area contributed by atoms with Gasteiger partial charge in [-0.25, -0.2) is 0 Å². The molecule has 2 aromatic carbocycles. The third-order valence-corrected chi connectivity index (χ3v) is 3.83. The van der Waals surface area contributed by atoms with Crippen LogP contribution in [0.4, 0.5) is 0 Å². The highest BCUT2D eigenvalue weighted by Crippen LogP contribution is 2.18. The van der Waals surface area contributed by atoms with Crippen LogP contribution in [0.3, 0.4) is 0 Å².